The molecule has 3 heteroatoms. The molecule has 2 atom stereocenters. The van der Waals surface area contributed by atoms with Crippen molar-refractivity contribution in [1.29, 1.82) is 0 Å². The van der Waals surface area contributed by atoms with Crippen molar-refractivity contribution >= 4 is 0 Å². The fraction of sp³-hybridized carbons (Fsp3) is 1.00. The molecule has 0 saturated carbocycles. The summed E-state index contributed by atoms with van der Waals surface area (Å²) in [6.45, 7) is 6.32. The van der Waals surface area contributed by atoms with E-state index in [2.05, 4.69) is 24.2 Å². The van der Waals surface area contributed by atoms with Gasteiger partial charge in [0.05, 0.1) is 12.2 Å². The molecule has 0 aromatic carbocycles. The summed E-state index contributed by atoms with van der Waals surface area (Å²) in [5.74, 6) is 0. The molecule has 0 aliphatic carbocycles. The monoisotopic (exact) mass is 170 g/mol. The second-order valence-corrected chi connectivity index (χ2v) is 4.26. The molecule has 2 heterocycles. The molecule has 2 saturated heterocycles. The van der Waals surface area contributed by atoms with E-state index < -0.39 is 0 Å². The van der Waals surface area contributed by atoms with E-state index in [0.717, 1.165) is 32.7 Å². The Morgan fingerprint density at radius 1 is 1.58 bits per heavy atom. The van der Waals surface area contributed by atoms with E-state index in [1.807, 2.05) is 0 Å². The van der Waals surface area contributed by atoms with Crippen LogP contribution in [0.1, 0.15) is 13.3 Å². The number of hydrogen-bond donors (Lipinski definition) is 1. The van der Waals surface area contributed by atoms with Gasteiger partial charge in [0.25, 0.3) is 0 Å². The first-order valence-electron chi connectivity index (χ1n) is 4.76. The molecule has 2 rings (SSSR count). The minimum atomic E-state index is 0.131. The van der Waals surface area contributed by atoms with Gasteiger partial charge in [0.1, 0.15) is 0 Å². The van der Waals surface area contributed by atoms with Gasteiger partial charge in [0.15, 0.2) is 0 Å². The van der Waals surface area contributed by atoms with E-state index in [4.69, 9.17) is 4.74 Å². The zero-order valence-corrected chi connectivity index (χ0v) is 7.97. The van der Waals surface area contributed by atoms with E-state index in [0.29, 0.717) is 6.04 Å². The fourth-order valence-electron chi connectivity index (χ4n) is 2.33. The number of ether oxygens (including phenoxy) is 1. The largest absolute Gasteiger partial charge is 0.371 e. The van der Waals surface area contributed by atoms with Crippen molar-refractivity contribution in [2.45, 2.75) is 25.0 Å². The Morgan fingerprint density at radius 3 is 3.00 bits per heavy atom. The maximum atomic E-state index is 5.86. The van der Waals surface area contributed by atoms with E-state index in [9.17, 15) is 0 Å². The van der Waals surface area contributed by atoms with Crippen molar-refractivity contribution in [3.8, 4) is 0 Å². The minimum Gasteiger partial charge on any atom is -0.371 e. The van der Waals surface area contributed by atoms with E-state index >= 15 is 0 Å². The summed E-state index contributed by atoms with van der Waals surface area (Å²) >= 11 is 0. The third-order valence-corrected chi connectivity index (χ3v) is 2.89. The lowest BCUT2D eigenvalue weighted by molar-refractivity contribution is -0.0907. The van der Waals surface area contributed by atoms with Gasteiger partial charge in [-0.15, -0.1) is 0 Å². The second kappa shape index (κ2) is 2.98. The molecule has 0 amide bonds. The summed E-state index contributed by atoms with van der Waals surface area (Å²) in [5, 5.41) is 3.45. The van der Waals surface area contributed by atoms with Crippen molar-refractivity contribution in [2.24, 2.45) is 0 Å². The van der Waals surface area contributed by atoms with Crippen LogP contribution < -0.4 is 5.32 Å². The lowest BCUT2D eigenvalue weighted by Crippen LogP contribution is -2.51. The van der Waals surface area contributed by atoms with Crippen LogP contribution in [0.25, 0.3) is 0 Å². The van der Waals surface area contributed by atoms with E-state index in [1.165, 1.54) is 0 Å². The van der Waals surface area contributed by atoms with Gasteiger partial charge in [-0.05, 0) is 20.4 Å². The van der Waals surface area contributed by atoms with Gasteiger partial charge in [-0.1, -0.05) is 0 Å². The first kappa shape index (κ1) is 8.48. The smallest absolute Gasteiger partial charge is 0.0947 e. The lowest BCUT2D eigenvalue weighted by Gasteiger charge is -2.38. The average molecular weight is 170 g/mol. The lowest BCUT2D eigenvalue weighted by atomic mass is 9.98. The van der Waals surface area contributed by atoms with Gasteiger partial charge < -0.3 is 15.0 Å². The van der Waals surface area contributed by atoms with Gasteiger partial charge in [-0.3, -0.25) is 0 Å². The quantitative estimate of drug-likeness (QED) is 0.557. The highest BCUT2D eigenvalue weighted by Crippen LogP contribution is 2.26. The summed E-state index contributed by atoms with van der Waals surface area (Å²) in [6.07, 6.45) is 1.16. The molecule has 2 fully saturated rings. The Hall–Kier alpha value is -0.120. The standard InChI is InChI=1S/C9H18N2O/c1-8-5-9(6-10-8)7-11(2)3-4-12-9/h8,10H,3-7H2,1-2H3. The van der Waals surface area contributed by atoms with Crippen molar-refractivity contribution in [3.05, 3.63) is 0 Å². The number of likely N-dealkylation sites (N-methyl/N-ethyl adjacent to an activating group) is 1. The van der Waals surface area contributed by atoms with Crippen LogP contribution in [0.15, 0.2) is 0 Å². The maximum absolute atomic E-state index is 5.86. The van der Waals surface area contributed by atoms with Gasteiger partial charge in [-0.25, -0.2) is 0 Å². The summed E-state index contributed by atoms with van der Waals surface area (Å²) in [5.41, 5.74) is 0.131. The summed E-state index contributed by atoms with van der Waals surface area (Å²) < 4.78 is 5.86. The molecule has 2 aliphatic heterocycles. The van der Waals surface area contributed by atoms with Gasteiger partial charge in [0, 0.05) is 25.7 Å². The average Bonchev–Trinajstić information content (AvgIpc) is 2.32. The molecule has 12 heavy (non-hydrogen) atoms. The third-order valence-electron chi connectivity index (χ3n) is 2.89. The minimum absolute atomic E-state index is 0.131. The number of hydrogen-bond acceptors (Lipinski definition) is 3. The first-order valence-corrected chi connectivity index (χ1v) is 4.76. The van der Waals surface area contributed by atoms with E-state index in [1.54, 1.807) is 0 Å². The van der Waals surface area contributed by atoms with Crippen LogP contribution >= 0.6 is 0 Å². The van der Waals surface area contributed by atoms with Crippen LogP contribution in [0, 0.1) is 0 Å². The summed E-state index contributed by atoms with van der Waals surface area (Å²) in [7, 11) is 2.17. The Balaban J connectivity index is 2.00. The molecule has 3 nitrogen and oxygen atoms in total. The molecule has 1 N–H and O–H groups in total. The van der Waals surface area contributed by atoms with Crippen LogP contribution in [-0.4, -0.2) is 49.8 Å². The normalized spacial score (nSPS) is 44.0. The second-order valence-electron chi connectivity index (χ2n) is 4.26. The molecule has 0 aromatic rings. The van der Waals surface area contributed by atoms with Crippen LogP contribution in [0.2, 0.25) is 0 Å². The Bertz CT molecular complexity index is 170. The molecular formula is C9H18N2O. The Morgan fingerprint density at radius 2 is 2.42 bits per heavy atom. The SMILES string of the molecule is CC1CC2(CN1)CN(C)CCO2. The van der Waals surface area contributed by atoms with Crippen LogP contribution in [0.3, 0.4) is 0 Å². The highest BCUT2D eigenvalue weighted by Gasteiger charge is 2.40. The number of morpholine rings is 1. The van der Waals surface area contributed by atoms with Gasteiger partial charge >= 0.3 is 0 Å². The molecule has 0 aromatic heterocycles. The predicted molar refractivity (Wildman–Crippen MR) is 48.3 cm³/mol. The summed E-state index contributed by atoms with van der Waals surface area (Å²) in [6, 6.07) is 0.622. The van der Waals surface area contributed by atoms with Crippen LogP contribution in [0.5, 0.6) is 0 Å². The molecule has 0 radical (unpaired) electrons. The highest BCUT2D eigenvalue weighted by molar-refractivity contribution is 4.97. The Labute approximate surface area is 74.1 Å². The molecule has 2 aliphatic rings. The van der Waals surface area contributed by atoms with E-state index in [-0.39, 0.29) is 5.60 Å². The number of rotatable bonds is 0. The van der Waals surface area contributed by atoms with Crippen molar-refractivity contribution in [2.75, 3.05) is 33.3 Å². The number of nitrogens with one attached hydrogen (secondary N) is 1. The fourth-order valence-corrected chi connectivity index (χ4v) is 2.33. The maximum Gasteiger partial charge on any atom is 0.0947 e. The van der Waals surface area contributed by atoms with Crippen LogP contribution in [-0.2, 0) is 4.74 Å². The van der Waals surface area contributed by atoms with Gasteiger partial charge in [0.2, 0.25) is 0 Å². The van der Waals surface area contributed by atoms with Crippen molar-refractivity contribution in [3.63, 3.8) is 0 Å². The molecule has 0 bridgehead atoms. The first-order chi connectivity index (χ1) is 5.70. The zero-order chi connectivity index (χ0) is 8.60. The molecule has 1 spiro atoms. The highest BCUT2D eigenvalue weighted by atomic mass is 16.5. The molecule has 70 valence electrons. The molecular weight excluding hydrogens is 152 g/mol. The number of nitrogens with zero attached hydrogens (tertiary/aromatic N) is 1. The Kier molecular flexibility index (Phi) is 2.10. The zero-order valence-electron chi connectivity index (χ0n) is 7.97. The predicted octanol–water partition coefficient (Wildman–Crippen LogP) is 0.0690. The topological polar surface area (TPSA) is 24.5 Å². The van der Waals surface area contributed by atoms with Crippen LogP contribution in [0.4, 0.5) is 0 Å². The third kappa shape index (κ3) is 1.49. The van der Waals surface area contributed by atoms with Crippen molar-refractivity contribution < 1.29 is 4.74 Å². The molecule has 2 unspecified atom stereocenters. The summed E-state index contributed by atoms with van der Waals surface area (Å²) in [4.78, 5) is 2.36. The van der Waals surface area contributed by atoms with Gasteiger partial charge in [-0.2, -0.15) is 0 Å². The van der Waals surface area contributed by atoms with Crippen molar-refractivity contribution in [1.82, 2.24) is 10.2 Å².